The maximum atomic E-state index is 14.0. The molecule has 1 aliphatic rings. The van der Waals surface area contributed by atoms with Crippen LogP contribution in [0.5, 0.6) is 0 Å². The predicted octanol–water partition coefficient (Wildman–Crippen LogP) is 3.72. The number of carbonyl (C=O) groups excluding carboxylic acids is 1. The number of esters is 1. The van der Waals surface area contributed by atoms with Crippen LogP contribution in [-0.2, 0) is 4.74 Å². The molecule has 2 bridgehead atoms. The number of ether oxygens (including phenoxy) is 1. The average Bonchev–Trinajstić information content (AvgIpc) is 3.09. The molecule has 0 radical (unpaired) electrons. The molecule has 0 N–H and O–H groups in total. The van der Waals surface area contributed by atoms with E-state index in [1.54, 1.807) is 34.6 Å². The molecule has 1 unspecified atom stereocenters. The standard InChI is InChI=1S/C19H19FN4O2S/c1-11-10-26-19(25)15-9-21-24-7-6-17(22-18(15)24)23(3)12(2)14-8-13(20)4-5-16(14)27-11/h4-9,11-12H,10H2,1-3H3/t11-,12?/m0/s1. The number of hydrogen-bond acceptors (Lipinski definition) is 6. The van der Waals surface area contributed by atoms with Gasteiger partial charge in [0.25, 0.3) is 0 Å². The molecular weight excluding hydrogens is 367 g/mol. The van der Waals surface area contributed by atoms with Gasteiger partial charge in [-0.25, -0.2) is 18.7 Å². The molecule has 2 atom stereocenters. The zero-order chi connectivity index (χ0) is 19.1. The van der Waals surface area contributed by atoms with Crippen molar-refractivity contribution in [3.05, 3.63) is 53.6 Å². The Hall–Kier alpha value is -2.61. The van der Waals surface area contributed by atoms with Gasteiger partial charge in [0.05, 0.1) is 12.2 Å². The number of aromatic nitrogens is 3. The zero-order valence-electron chi connectivity index (χ0n) is 15.2. The summed E-state index contributed by atoms with van der Waals surface area (Å²) in [4.78, 5) is 20.0. The van der Waals surface area contributed by atoms with E-state index < -0.39 is 5.97 Å². The number of hydrogen-bond donors (Lipinski definition) is 0. The minimum atomic E-state index is -0.448. The maximum Gasteiger partial charge on any atom is 0.343 e. The second-order valence-corrected chi connectivity index (χ2v) is 8.09. The van der Waals surface area contributed by atoms with E-state index in [-0.39, 0.29) is 23.7 Å². The molecule has 27 heavy (non-hydrogen) atoms. The number of carbonyl (C=O) groups is 1. The second-order valence-electron chi connectivity index (χ2n) is 6.61. The topological polar surface area (TPSA) is 59.7 Å². The van der Waals surface area contributed by atoms with Crippen LogP contribution in [0.3, 0.4) is 0 Å². The highest BCUT2D eigenvalue weighted by atomic mass is 32.2. The van der Waals surface area contributed by atoms with Crippen molar-refractivity contribution in [3.8, 4) is 0 Å². The van der Waals surface area contributed by atoms with Crippen molar-refractivity contribution in [2.45, 2.75) is 30.0 Å². The number of nitrogens with zero attached hydrogens (tertiary/aromatic N) is 4. The first kappa shape index (κ1) is 17.8. The summed E-state index contributed by atoms with van der Waals surface area (Å²) < 4.78 is 21.0. The van der Waals surface area contributed by atoms with Crippen LogP contribution in [0, 0.1) is 5.82 Å². The van der Waals surface area contributed by atoms with E-state index in [1.807, 2.05) is 31.9 Å². The van der Waals surface area contributed by atoms with E-state index in [9.17, 15) is 9.18 Å². The lowest BCUT2D eigenvalue weighted by Gasteiger charge is -2.28. The van der Waals surface area contributed by atoms with Gasteiger partial charge < -0.3 is 9.64 Å². The number of halogens is 1. The van der Waals surface area contributed by atoms with E-state index in [1.165, 1.54) is 12.3 Å². The Labute approximate surface area is 160 Å². The average molecular weight is 386 g/mol. The number of anilines is 1. The van der Waals surface area contributed by atoms with Gasteiger partial charge in [-0.2, -0.15) is 5.10 Å². The van der Waals surface area contributed by atoms with Crippen molar-refractivity contribution in [2.24, 2.45) is 0 Å². The lowest BCUT2D eigenvalue weighted by Crippen LogP contribution is -2.23. The molecule has 1 aliphatic heterocycles. The molecule has 140 valence electrons. The summed E-state index contributed by atoms with van der Waals surface area (Å²) in [6, 6.07) is 6.50. The van der Waals surface area contributed by atoms with Crippen molar-refractivity contribution < 1.29 is 13.9 Å². The third-order valence-electron chi connectivity index (χ3n) is 4.72. The highest BCUT2D eigenvalue weighted by Crippen LogP contribution is 2.35. The predicted molar refractivity (Wildman–Crippen MR) is 102 cm³/mol. The minimum absolute atomic E-state index is 0.0126. The first-order valence-corrected chi connectivity index (χ1v) is 9.52. The van der Waals surface area contributed by atoms with E-state index in [4.69, 9.17) is 4.74 Å². The maximum absolute atomic E-state index is 14.0. The van der Waals surface area contributed by atoms with Gasteiger partial charge >= 0.3 is 5.97 Å². The van der Waals surface area contributed by atoms with E-state index in [2.05, 4.69) is 10.1 Å². The van der Waals surface area contributed by atoms with Crippen LogP contribution in [0.4, 0.5) is 10.2 Å². The monoisotopic (exact) mass is 386 g/mol. The van der Waals surface area contributed by atoms with Gasteiger partial charge in [0.1, 0.15) is 23.8 Å². The molecule has 0 aliphatic carbocycles. The number of rotatable bonds is 0. The largest absolute Gasteiger partial charge is 0.461 e. The second kappa shape index (κ2) is 6.84. The van der Waals surface area contributed by atoms with Gasteiger partial charge in [-0.05, 0) is 43.7 Å². The van der Waals surface area contributed by atoms with Crippen LogP contribution in [0.25, 0.3) is 5.65 Å². The molecule has 0 spiro atoms. The van der Waals surface area contributed by atoms with Crippen LogP contribution in [0.15, 0.2) is 41.6 Å². The molecule has 0 saturated heterocycles. The molecular formula is C19H19FN4O2S. The SMILES string of the molecule is CC1c2cc(F)ccc2S[C@@H](C)COC(=O)c2cnn3ccc(nc23)N1C. The third-order valence-corrected chi connectivity index (χ3v) is 5.88. The Bertz CT molecular complexity index is 1020. The number of fused-ring (bicyclic) bond motifs is 2. The van der Waals surface area contributed by atoms with Crippen molar-refractivity contribution in [2.75, 3.05) is 18.6 Å². The summed E-state index contributed by atoms with van der Waals surface area (Å²) in [5.74, 6) is -0.0621. The van der Waals surface area contributed by atoms with Gasteiger partial charge in [-0.1, -0.05) is 0 Å². The first-order valence-electron chi connectivity index (χ1n) is 8.64. The molecule has 3 heterocycles. The lowest BCUT2D eigenvalue weighted by molar-refractivity contribution is 0.0512. The Morgan fingerprint density at radius 1 is 1.30 bits per heavy atom. The Kier molecular flexibility index (Phi) is 4.51. The van der Waals surface area contributed by atoms with Crippen LogP contribution in [0.1, 0.15) is 35.8 Å². The van der Waals surface area contributed by atoms with Gasteiger partial charge in [0, 0.05) is 23.4 Å². The highest BCUT2D eigenvalue weighted by Gasteiger charge is 2.23. The van der Waals surface area contributed by atoms with Crippen LogP contribution >= 0.6 is 11.8 Å². The molecule has 2 aromatic heterocycles. The van der Waals surface area contributed by atoms with Gasteiger partial charge in [-0.3, -0.25) is 0 Å². The van der Waals surface area contributed by atoms with Crippen LogP contribution in [0.2, 0.25) is 0 Å². The molecule has 0 amide bonds. The van der Waals surface area contributed by atoms with Crippen molar-refractivity contribution in [1.82, 2.24) is 14.6 Å². The summed E-state index contributed by atoms with van der Waals surface area (Å²) in [7, 11) is 1.90. The van der Waals surface area contributed by atoms with Crippen LogP contribution < -0.4 is 4.90 Å². The first-order chi connectivity index (χ1) is 12.9. The summed E-state index contributed by atoms with van der Waals surface area (Å²) >= 11 is 1.56. The molecule has 0 fully saturated rings. The van der Waals surface area contributed by atoms with Crippen molar-refractivity contribution in [1.29, 1.82) is 0 Å². The third kappa shape index (κ3) is 3.25. The van der Waals surface area contributed by atoms with Gasteiger partial charge in [0.15, 0.2) is 5.65 Å². The zero-order valence-corrected chi connectivity index (χ0v) is 16.0. The van der Waals surface area contributed by atoms with E-state index in [0.717, 1.165) is 10.5 Å². The summed E-state index contributed by atoms with van der Waals surface area (Å²) in [6.07, 6.45) is 3.22. The van der Waals surface area contributed by atoms with Crippen LogP contribution in [-0.4, -0.2) is 39.5 Å². The molecule has 6 nitrogen and oxygen atoms in total. The van der Waals surface area contributed by atoms with Gasteiger partial charge in [-0.15, -0.1) is 11.8 Å². The van der Waals surface area contributed by atoms with E-state index >= 15 is 0 Å². The summed E-state index contributed by atoms with van der Waals surface area (Å²) in [5, 5.41) is 4.19. The molecule has 4 rings (SSSR count). The Balaban J connectivity index is 1.87. The smallest absolute Gasteiger partial charge is 0.343 e. The highest BCUT2D eigenvalue weighted by molar-refractivity contribution is 8.00. The molecule has 8 heteroatoms. The Morgan fingerprint density at radius 3 is 2.93 bits per heavy atom. The molecule has 1 aromatic carbocycles. The number of thioether (sulfide) groups is 1. The molecule has 0 saturated carbocycles. The van der Waals surface area contributed by atoms with Gasteiger partial charge in [0.2, 0.25) is 0 Å². The summed E-state index contributed by atoms with van der Waals surface area (Å²) in [5.41, 5.74) is 1.64. The fourth-order valence-corrected chi connectivity index (χ4v) is 4.16. The normalized spacial score (nSPS) is 20.6. The summed E-state index contributed by atoms with van der Waals surface area (Å²) in [6.45, 7) is 4.22. The fraction of sp³-hybridized carbons (Fsp3) is 0.316. The fourth-order valence-electron chi connectivity index (χ4n) is 3.08. The lowest BCUT2D eigenvalue weighted by atomic mass is 10.1. The molecule has 3 aromatic rings. The van der Waals surface area contributed by atoms with Crippen molar-refractivity contribution in [3.63, 3.8) is 0 Å². The minimum Gasteiger partial charge on any atom is -0.461 e. The van der Waals surface area contributed by atoms with E-state index in [0.29, 0.717) is 17.0 Å². The number of benzene rings is 1. The quantitative estimate of drug-likeness (QED) is 0.549. The number of cyclic esters (lactones) is 1. The van der Waals surface area contributed by atoms with Crippen molar-refractivity contribution >= 4 is 29.2 Å². The Morgan fingerprint density at radius 2 is 2.11 bits per heavy atom.